The largest absolute Gasteiger partial charge is 0.501 e. The van der Waals surface area contributed by atoms with E-state index in [0.29, 0.717) is 0 Å². The summed E-state index contributed by atoms with van der Waals surface area (Å²) in [6, 6.07) is 54.2. The number of fused-ring (bicyclic) bond motifs is 6. The van der Waals surface area contributed by atoms with Crippen molar-refractivity contribution in [3.05, 3.63) is 180 Å². The second-order valence-electron chi connectivity index (χ2n) is 18.7. The van der Waals surface area contributed by atoms with Crippen molar-refractivity contribution in [2.24, 2.45) is 0 Å². The van der Waals surface area contributed by atoms with Gasteiger partial charge in [0, 0.05) is 48.2 Å². The van der Waals surface area contributed by atoms with Crippen molar-refractivity contribution in [1.82, 2.24) is 14.5 Å². The molecule has 10 aromatic rings. The zero-order chi connectivity index (χ0) is 48.3. The molecule has 0 saturated heterocycles. The molecule has 0 spiro atoms. The number of hydrogen-bond donors (Lipinski definition) is 0. The molecule has 329 valence electrons. The molecule has 3 aromatic heterocycles. The van der Waals surface area contributed by atoms with Crippen LogP contribution in [0.5, 0.6) is 0 Å². The van der Waals surface area contributed by atoms with Gasteiger partial charge in [-0.05, 0) is 80.5 Å². The number of furan rings is 1. The number of para-hydroxylation sites is 1. The Bertz CT molecular complexity index is 3440. The van der Waals surface area contributed by atoms with Crippen LogP contribution in [0.15, 0.2) is 150 Å². The number of pyridine rings is 1. The van der Waals surface area contributed by atoms with E-state index in [-0.39, 0.29) is 37.5 Å². The molecule has 6 heteroatoms. The van der Waals surface area contributed by atoms with Crippen molar-refractivity contribution in [2.45, 2.75) is 85.8 Å². The Morgan fingerprint density at radius 3 is 2.05 bits per heavy atom. The maximum atomic E-state index is 8.48. The fraction of sp³-hybridized carbons (Fsp3) is 0.220. The van der Waals surface area contributed by atoms with E-state index in [1.807, 2.05) is 44.3 Å². The Kier molecular flexibility index (Phi) is 11.6. The molecule has 0 bridgehead atoms. The van der Waals surface area contributed by atoms with Gasteiger partial charge in [-0.3, -0.25) is 4.98 Å². The van der Waals surface area contributed by atoms with E-state index in [9.17, 15) is 0 Å². The molecule has 10 rings (SSSR count). The van der Waals surface area contributed by atoms with Gasteiger partial charge in [0.25, 0.3) is 0 Å². The first-order valence-electron chi connectivity index (χ1n) is 24.3. The summed E-state index contributed by atoms with van der Waals surface area (Å²) < 4.78 is 39.8. The van der Waals surface area contributed by atoms with Crippen LogP contribution in [0.25, 0.3) is 83.2 Å². The van der Waals surface area contributed by atoms with E-state index in [0.717, 1.165) is 61.2 Å². The average molecular weight is 1050 g/mol. The molecule has 0 saturated carbocycles. The second-order valence-corrected chi connectivity index (χ2v) is 23.7. The van der Waals surface area contributed by atoms with Gasteiger partial charge in [-0.25, -0.2) is 0 Å². The van der Waals surface area contributed by atoms with Crippen molar-refractivity contribution in [1.29, 1.82) is 0 Å². The second kappa shape index (κ2) is 18.5. The number of nitrogens with zero attached hydrogens (tertiary/aromatic N) is 3. The van der Waals surface area contributed by atoms with E-state index in [1.165, 1.54) is 50.0 Å². The van der Waals surface area contributed by atoms with Crippen LogP contribution in [-0.4, -0.2) is 22.6 Å². The summed E-state index contributed by atoms with van der Waals surface area (Å²) in [4.78, 5) is 9.94. The normalized spacial score (nSPS) is 13.1. The SMILES string of the molecule is CC(C)c1cc(-c2ccccc2)cc(C(C)C)c1-n1c(-c2[c-]ccc3c2oc2ccccc23)nc2ccc3ccccc3c21.[2H]C([2H])([2H])c1c[c-]c(-c2cc(C([2H])(C)C)c([Si](C)(C)C)cn2)cc1.[Ir]. The Morgan fingerprint density at radius 2 is 1.38 bits per heavy atom. The van der Waals surface area contributed by atoms with Gasteiger partial charge in [-0.15, -0.1) is 53.6 Å². The van der Waals surface area contributed by atoms with Crippen LogP contribution >= 0.6 is 0 Å². The molecule has 0 unspecified atom stereocenters. The van der Waals surface area contributed by atoms with Crippen LogP contribution in [0.1, 0.15) is 87.0 Å². The van der Waals surface area contributed by atoms with Gasteiger partial charge >= 0.3 is 0 Å². The zero-order valence-corrected chi connectivity index (χ0v) is 42.0. The summed E-state index contributed by atoms with van der Waals surface area (Å²) in [6.07, 6.45) is 1.89. The molecule has 3 heterocycles. The van der Waals surface area contributed by atoms with Gasteiger partial charge in [0.2, 0.25) is 0 Å². The maximum Gasteiger partial charge on any atom is 0.120 e. The van der Waals surface area contributed by atoms with E-state index < -0.39 is 20.8 Å². The van der Waals surface area contributed by atoms with Crippen molar-refractivity contribution < 1.29 is 30.0 Å². The minimum Gasteiger partial charge on any atom is -0.501 e. The molecule has 4 nitrogen and oxygen atoms in total. The van der Waals surface area contributed by atoms with Crippen LogP contribution in [-0.2, 0) is 20.1 Å². The third-order valence-electron chi connectivity index (χ3n) is 12.2. The Morgan fingerprint density at radius 1 is 0.692 bits per heavy atom. The molecule has 0 aliphatic rings. The van der Waals surface area contributed by atoms with Crippen molar-refractivity contribution in [3.8, 4) is 39.5 Å². The molecule has 7 aromatic carbocycles. The monoisotopic (exact) mass is 1050 g/mol. The summed E-state index contributed by atoms with van der Waals surface area (Å²) >= 11 is 0. The molecule has 65 heavy (non-hydrogen) atoms. The fourth-order valence-electron chi connectivity index (χ4n) is 8.89. The van der Waals surface area contributed by atoms with Gasteiger partial charge in [-0.2, -0.15) is 0 Å². The molecule has 0 aliphatic heterocycles. The quantitative estimate of drug-likeness (QED) is 0.113. The molecule has 0 N–H and O–H groups in total. The molecular weight excluding hydrogens is 987 g/mol. The molecule has 1 radical (unpaired) electrons. The number of benzene rings is 7. The zero-order valence-electron chi connectivity index (χ0n) is 42.6. The molecule has 0 fully saturated rings. The van der Waals surface area contributed by atoms with Crippen LogP contribution in [0.3, 0.4) is 0 Å². The van der Waals surface area contributed by atoms with Gasteiger partial charge in [-0.1, -0.05) is 169 Å². The predicted molar refractivity (Wildman–Crippen MR) is 274 cm³/mol. The molecule has 0 atom stereocenters. The summed E-state index contributed by atoms with van der Waals surface area (Å²) in [5.41, 5.74) is 13.6. The third kappa shape index (κ3) is 8.80. The number of hydrogen-bond acceptors (Lipinski definition) is 3. The standard InChI is InChI=1S/C41H33N2O.C18H24NSi.Ir/c1-25(2)34-23-29(27-13-6-5-7-14-27)24-35(26(3)4)38(34)43-39-30-16-9-8-15-28(30)21-22-36(39)42-41(43)33-19-12-18-32-31-17-10-11-20-37(31)44-40(32)33;1-13(2)16-11-17(15-9-7-14(3)8-10-15)19-12-18(16)20(4,5)6;/h5-18,20-26H,1-4H3;7-9,11-13H,1-6H3;/q2*-1;/i;3D3,13D;. The summed E-state index contributed by atoms with van der Waals surface area (Å²) in [5, 5.41) is 5.73. The van der Waals surface area contributed by atoms with Crippen LogP contribution in [0.4, 0.5) is 0 Å². The van der Waals surface area contributed by atoms with E-state index >= 15 is 0 Å². The number of rotatable bonds is 8. The Hall–Kier alpha value is -5.91. The maximum absolute atomic E-state index is 8.48. The Labute approximate surface area is 404 Å². The number of aryl methyl sites for hydroxylation is 1. The molecule has 0 amide bonds. The van der Waals surface area contributed by atoms with E-state index in [4.69, 9.17) is 14.9 Å². The van der Waals surface area contributed by atoms with E-state index in [1.54, 1.807) is 12.1 Å². The van der Waals surface area contributed by atoms with Gasteiger partial charge < -0.3 is 14.0 Å². The van der Waals surface area contributed by atoms with Gasteiger partial charge in [0.15, 0.2) is 0 Å². The summed E-state index contributed by atoms with van der Waals surface area (Å²) in [6.45, 7) is 17.6. The minimum absolute atomic E-state index is 0. The predicted octanol–water partition coefficient (Wildman–Crippen LogP) is 16.0. The van der Waals surface area contributed by atoms with Crippen molar-refractivity contribution in [2.75, 3.05) is 0 Å². The van der Waals surface area contributed by atoms with E-state index in [2.05, 4.69) is 166 Å². The average Bonchev–Trinajstić information content (AvgIpc) is 3.90. The topological polar surface area (TPSA) is 43.9 Å². The smallest absolute Gasteiger partial charge is 0.120 e. The minimum atomic E-state index is -2.13. The number of imidazole rings is 1. The van der Waals surface area contributed by atoms with Gasteiger partial charge in [0.1, 0.15) is 5.58 Å². The first kappa shape index (κ1) is 40.6. The van der Waals surface area contributed by atoms with Crippen LogP contribution < -0.4 is 5.19 Å². The molecular formula is C59H57IrN3OSi-2. The first-order valence-corrected chi connectivity index (χ1v) is 25.8. The summed E-state index contributed by atoms with van der Waals surface area (Å²) in [5.74, 6) is 0.679. The number of aromatic nitrogens is 3. The van der Waals surface area contributed by atoms with Crippen molar-refractivity contribution >= 4 is 57.0 Å². The summed E-state index contributed by atoms with van der Waals surface area (Å²) in [7, 11) is -1.61. The van der Waals surface area contributed by atoms with Gasteiger partial charge in [0.05, 0.1) is 30.5 Å². The third-order valence-corrected chi connectivity index (χ3v) is 14.2. The Balaban J connectivity index is 0.000000219. The first-order chi connectivity index (χ1) is 32.3. The van der Waals surface area contributed by atoms with Crippen LogP contribution in [0.2, 0.25) is 19.6 Å². The fourth-order valence-corrected chi connectivity index (χ4v) is 10.5. The van der Waals surface area contributed by atoms with Crippen LogP contribution in [0, 0.1) is 19.0 Å². The molecule has 0 aliphatic carbocycles. The van der Waals surface area contributed by atoms with Crippen molar-refractivity contribution in [3.63, 3.8) is 0 Å².